The zero-order valence-electron chi connectivity index (χ0n) is 11.8. The van der Waals surface area contributed by atoms with Crippen molar-refractivity contribution in [3.05, 3.63) is 34.9 Å². The normalized spacial score (nSPS) is 16.7. The predicted octanol–water partition coefficient (Wildman–Crippen LogP) is 2.39. The highest BCUT2D eigenvalue weighted by atomic mass is 15.1. The van der Waals surface area contributed by atoms with Crippen molar-refractivity contribution < 1.29 is 0 Å². The van der Waals surface area contributed by atoms with Gasteiger partial charge in [0.05, 0.1) is 0 Å². The Hall–Kier alpha value is -0.860. The summed E-state index contributed by atoms with van der Waals surface area (Å²) in [6.07, 6.45) is 6.41. The molecule has 0 saturated carbocycles. The lowest BCUT2D eigenvalue weighted by Crippen LogP contribution is -2.36. The highest BCUT2D eigenvalue weighted by Gasteiger charge is 2.10. The molecule has 0 heterocycles. The van der Waals surface area contributed by atoms with Crippen LogP contribution in [0.15, 0.2) is 18.2 Å². The molecule has 0 fully saturated rings. The van der Waals surface area contributed by atoms with Crippen molar-refractivity contribution in [1.29, 1.82) is 0 Å². The minimum atomic E-state index is 0.475. The number of rotatable bonds is 5. The van der Waals surface area contributed by atoms with Crippen molar-refractivity contribution >= 4 is 0 Å². The van der Waals surface area contributed by atoms with Gasteiger partial charge < -0.3 is 10.6 Å². The van der Waals surface area contributed by atoms with Gasteiger partial charge in [0.1, 0.15) is 0 Å². The zero-order valence-corrected chi connectivity index (χ0v) is 11.8. The maximum Gasteiger partial charge on any atom is 0.0187 e. The lowest BCUT2D eigenvalue weighted by Gasteiger charge is -2.23. The molecule has 1 aromatic rings. The van der Waals surface area contributed by atoms with Gasteiger partial charge in [-0.1, -0.05) is 18.2 Å². The quantitative estimate of drug-likeness (QED) is 0.864. The van der Waals surface area contributed by atoms with E-state index in [2.05, 4.69) is 37.1 Å². The SMILES string of the molecule is CC(CN)N(C)CCc1ccc2c(c1)CCCC2. The second kappa shape index (κ2) is 6.35. The van der Waals surface area contributed by atoms with E-state index in [0.29, 0.717) is 6.04 Å². The minimum Gasteiger partial charge on any atom is -0.329 e. The summed E-state index contributed by atoms with van der Waals surface area (Å²) in [5, 5.41) is 0. The average Bonchev–Trinajstić information content (AvgIpc) is 2.43. The van der Waals surface area contributed by atoms with Crippen molar-refractivity contribution in [2.75, 3.05) is 20.1 Å². The molecule has 0 saturated heterocycles. The zero-order chi connectivity index (χ0) is 13.0. The summed E-state index contributed by atoms with van der Waals surface area (Å²) < 4.78 is 0. The number of nitrogens with zero attached hydrogens (tertiary/aromatic N) is 1. The van der Waals surface area contributed by atoms with Gasteiger partial charge in [-0.05, 0) is 62.8 Å². The van der Waals surface area contributed by atoms with Crippen molar-refractivity contribution in [3.8, 4) is 0 Å². The third-order valence-electron chi connectivity index (χ3n) is 4.26. The molecular weight excluding hydrogens is 220 g/mol. The van der Waals surface area contributed by atoms with Gasteiger partial charge in [-0.25, -0.2) is 0 Å². The molecule has 2 rings (SSSR count). The van der Waals surface area contributed by atoms with Crippen LogP contribution < -0.4 is 5.73 Å². The van der Waals surface area contributed by atoms with E-state index in [-0.39, 0.29) is 0 Å². The van der Waals surface area contributed by atoms with E-state index in [9.17, 15) is 0 Å². The molecule has 0 aromatic heterocycles. The molecule has 1 aromatic carbocycles. The molecule has 100 valence electrons. The van der Waals surface area contributed by atoms with E-state index in [1.807, 2.05) is 0 Å². The maximum absolute atomic E-state index is 5.69. The summed E-state index contributed by atoms with van der Waals surface area (Å²) in [7, 11) is 2.16. The first-order valence-electron chi connectivity index (χ1n) is 7.21. The molecule has 0 aliphatic heterocycles. The van der Waals surface area contributed by atoms with E-state index in [0.717, 1.165) is 19.5 Å². The van der Waals surface area contributed by atoms with Gasteiger partial charge in [-0.3, -0.25) is 0 Å². The fourth-order valence-corrected chi connectivity index (χ4v) is 2.65. The van der Waals surface area contributed by atoms with Crippen LogP contribution >= 0.6 is 0 Å². The molecule has 2 N–H and O–H groups in total. The fraction of sp³-hybridized carbons (Fsp3) is 0.625. The number of aryl methyl sites for hydroxylation is 2. The second-order valence-corrected chi connectivity index (χ2v) is 5.63. The number of likely N-dealkylation sites (N-methyl/N-ethyl adjacent to an activating group) is 1. The first-order valence-corrected chi connectivity index (χ1v) is 7.21. The van der Waals surface area contributed by atoms with Crippen molar-refractivity contribution in [1.82, 2.24) is 4.90 Å². The van der Waals surface area contributed by atoms with Crippen LogP contribution in [-0.2, 0) is 19.3 Å². The molecule has 18 heavy (non-hydrogen) atoms. The van der Waals surface area contributed by atoms with Gasteiger partial charge in [0.2, 0.25) is 0 Å². The van der Waals surface area contributed by atoms with Gasteiger partial charge in [0.25, 0.3) is 0 Å². The molecular formula is C16H26N2. The lowest BCUT2D eigenvalue weighted by molar-refractivity contribution is 0.266. The number of hydrogen-bond acceptors (Lipinski definition) is 2. The average molecular weight is 246 g/mol. The molecule has 1 aliphatic rings. The highest BCUT2D eigenvalue weighted by molar-refractivity contribution is 5.33. The Bertz CT molecular complexity index is 387. The standard InChI is InChI=1S/C16H26N2/c1-13(12-17)18(2)10-9-14-7-8-15-5-3-4-6-16(15)11-14/h7-8,11,13H,3-6,9-10,12,17H2,1-2H3. The van der Waals surface area contributed by atoms with E-state index in [4.69, 9.17) is 5.73 Å². The van der Waals surface area contributed by atoms with E-state index >= 15 is 0 Å². The first-order chi connectivity index (χ1) is 8.70. The lowest BCUT2D eigenvalue weighted by atomic mass is 9.90. The summed E-state index contributed by atoms with van der Waals surface area (Å²) >= 11 is 0. The fourth-order valence-electron chi connectivity index (χ4n) is 2.65. The third-order valence-corrected chi connectivity index (χ3v) is 4.26. The monoisotopic (exact) mass is 246 g/mol. The van der Waals surface area contributed by atoms with Crippen LogP contribution in [0.3, 0.4) is 0 Å². The van der Waals surface area contributed by atoms with Gasteiger partial charge >= 0.3 is 0 Å². The van der Waals surface area contributed by atoms with Crippen molar-refractivity contribution in [2.24, 2.45) is 5.73 Å². The van der Waals surface area contributed by atoms with Crippen LogP contribution in [0.5, 0.6) is 0 Å². The summed E-state index contributed by atoms with van der Waals surface area (Å²) in [5.41, 5.74) is 10.3. The van der Waals surface area contributed by atoms with E-state index < -0.39 is 0 Å². The molecule has 1 unspecified atom stereocenters. The Morgan fingerprint density at radius 2 is 1.94 bits per heavy atom. The molecule has 2 heteroatoms. The number of hydrogen-bond donors (Lipinski definition) is 1. The molecule has 0 radical (unpaired) electrons. The van der Waals surface area contributed by atoms with Gasteiger partial charge in [-0.15, -0.1) is 0 Å². The molecule has 0 spiro atoms. The van der Waals surface area contributed by atoms with Crippen LogP contribution in [0.4, 0.5) is 0 Å². The largest absolute Gasteiger partial charge is 0.329 e. The molecule has 0 amide bonds. The summed E-state index contributed by atoms with van der Waals surface area (Å²) in [6.45, 7) is 4.02. The van der Waals surface area contributed by atoms with Crippen molar-refractivity contribution in [2.45, 2.75) is 45.1 Å². The Labute approximate surface area is 111 Å². The van der Waals surface area contributed by atoms with Crippen LogP contribution in [-0.4, -0.2) is 31.1 Å². The maximum atomic E-state index is 5.69. The number of nitrogens with two attached hydrogens (primary N) is 1. The Morgan fingerprint density at radius 3 is 2.67 bits per heavy atom. The first kappa shape index (κ1) is 13.6. The Morgan fingerprint density at radius 1 is 1.22 bits per heavy atom. The summed E-state index contributed by atoms with van der Waals surface area (Å²) in [4.78, 5) is 2.35. The van der Waals surface area contributed by atoms with Gasteiger partial charge in [-0.2, -0.15) is 0 Å². The van der Waals surface area contributed by atoms with Gasteiger partial charge in [0, 0.05) is 19.1 Å². The summed E-state index contributed by atoms with van der Waals surface area (Å²) in [5.74, 6) is 0. The van der Waals surface area contributed by atoms with Crippen LogP contribution in [0.2, 0.25) is 0 Å². The van der Waals surface area contributed by atoms with Crippen LogP contribution in [0, 0.1) is 0 Å². The predicted molar refractivity (Wildman–Crippen MR) is 77.9 cm³/mol. The molecule has 1 atom stereocenters. The molecule has 2 nitrogen and oxygen atoms in total. The van der Waals surface area contributed by atoms with E-state index in [1.54, 1.807) is 11.1 Å². The van der Waals surface area contributed by atoms with Crippen LogP contribution in [0.1, 0.15) is 36.5 Å². The second-order valence-electron chi connectivity index (χ2n) is 5.63. The summed E-state index contributed by atoms with van der Waals surface area (Å²) in [6, 6.07) is 7.55. The number of fused-ring (bicyclic) bond motifs is 1. The topological polar surface area (TPSA) is 29.3 Å². The Balaban J connectivity index is 1.94. The van der Waals surface area contributed by atoms with Crippen molar-refractivity contribution in [3.63, 3.8) is 0 Å². The smallest absolute Gasteiger partial charge is 0.0187 e. The minimum absolute atomic E-state index is 0.475. The number of benzene rings is 1. The molecule has 0 bridgehead atoms. The highest BCUT2D eigenvalue weighted by Crippen LogP contribution is 2.22. The van der Waals surface area contributed by atoms with Gasteiger partial charge in [0.15, 0.2) is 0 Å². The van der Waals surface area contributed by atoms with E-state index in [1.165, 1.54) is 31.2 Å². The third kappa shape index (κ3) is 3.33. The Kier molecular flexibility index (Phi) is 4.79. The molecule has 1 aliphatic carbocycles. The van der Waals surface area contributed by atoms with Crippen LogP contribution in [0.25, 0.3) is 0 Å².